The van der Waals surface area contributed by atoms with Crippen LogP contribution in [0.5, 0.6) is 0 Å². The van der Waals surface area contributed by atoms with Crippen molar-refractivity contribution >= 4 is 11.5 Å². The van der Waals surface area contributed by atoms with Gasteiger partial charge in [-0.3, -0.25) is 4.79 Å². The van der Waals surface area contributed by atoms with Crippen molar-refractivity contribution < 1.29 is 4.79 Å². The first-order valence-corrected chi connectivity index (χ1v) is 7.70. The summed E-state index contributed by atoms with van der Waals surface area (Å²) in [6, 6.07) is 16.0. The van der Waals surface area contributed by atoms with Crippen LogP contribution in [-0.2, 0) is 6.42 Å². The highest BCUT2D eigenvalue weighted by molar-refractivity contribution is 5.96. The molecule has 21 heavy (non-hydrogen) atoms. The molecule has 2 aromatic carbocycles. The van der Waals surface area contributed by atoms with Gasteiger partial charge in [0.2, 0.25) is 0 Å². The number of carbonyl (C=O) groups excluding carboxylic acids is 1. The Morgan fingerprint density at radius 3 is 2.62 bits per heavy atom. The highest BCUT2D eigenvalue weighted by Gasteiger charge is 2.20. The van der Waals surface area contributed by atoms with Crippen molar-refractivity contribution in [2.24, 2.45) is 0 Å². The normalized spacial score (nSPS) is 14.7. The fourth-order valence-electron chi connectivity index (χ4n) is 2.86. The molecule has 1 fully saturated rings. The summed E-state index contributed by atoms with van der Waals surface area (Å²) in [6.07, 6.45) is 5.13. The van der Waals surface area contributed by atoms with E-state index in [0.717, 1.165) is 23.2 Å². The zero-order chi connectivity index (χ0) is 14.7. The number of hydrogen-bond acceptors (Lipinski definition) is 2. The predicted octanol–water partition coefficient (Wildman–Crippen LogP) is 4.35. The smallest absolute Gasteiger partial charge is 0.163 e. The number of anilines is 1. The molecule has 0 heterocycles. The summed E-state index contributed by atoms with van der Waals surface area (Å²) in [4.78, 5) is 12.4. The van der Waals surface area contributed by atoms with Gasteiger partial charge in [0.1, 0.15) is 0 Å². The molecule has 0 aliphatic heterocycles. The number of nitrogens with two attached hydrogens (primary N) is 1. The van der Waals surface area contributed by atoms with Crippen molar-refractivity contribution in [2.45, 2.75) is 38.0 Å². The molecule has 0 saturated heterocycles. The Morgan fingerprint density at radius 1 is 1.10 bits per heavy atom. The molecule has 2 aromatic rings. The lowest BCUT2D eigenvalue weighted by Gasteiger charge is -2.26. The number of hydrogen-bond donors (Lipinski definition) is 1. The van der Waals surface area contributed by atoms with E-state index in [0.29, 0.717) is 12.3 Å². The van der Waals surface area contributed by atoms with Gasteiger partial charge in [0, 0.05) is 17.7 Å². The number of aryl methyl sites for hydroxylation is 1. The molecule has 0 bridgehead atoms. The van der Waals surface area contributed by atoms with Crippen LogP contribution in [0.25, 0.3) is 0 Å². The fraction of sp³-hybridized carbons (Fsp3) is 0.316. The lowest BCUT2D eigenvalue weighted by Crippen LogP contribution is -2.10. The van der Waals surface area contributed by atoms with Crippen LogP contribution in [0.3, 0.4) is 0 Å². The monoisotopic (exact) mass is 279 g/mol. The Kier molecular flexibility index (Phi) is 4.05. The minimum atomic E-state index is 0.221. The van der Waals surface area contributed by atoms with Crippen molar-refractivity contribution in [1.29, 1.82) is 0 Å². The first kappa shape index (κ1) is 13.9. The lowest BCUT2D eigenvalue weighted by molar-refractivity contribution is 0.0982. The molecule has 2 nitrogen and oxygen atoms in total. The molecule has 0 atom stereocenters. The molecular weight excluding hydrogens is 258 g/mol. The van der Waals surface area contributed by atoms with Gasteiger partial charge < -0.3 is 5.73 Å². The van der Waals surface area contributed by atoms with Crippen molar-refractivity contribution in [3.63, 3.8) is 0 Å². The van der Waals surface area contributed by atoms with Crippen molar-refractivity contribution in [3.8, 4) is 0 Å². The summed E-state index contributed by atoms with van der Waals surface area (Å²) in [5.74, 6) is 0.894. The number of benzene rings is 2. The van der Waals surface area contributed by atoms with E-state index in [2.05, 4.69) is 12.1 Å². The van der Waals surface area contributed by atoms with Gasteiger partial charge in [0.25, 0.3) is 0 Å². The van der Waals surface area contributed by atoms with Gasteiger partial charge in [-0.05, 0) is 54.5 Å². The van der Waals surface area contributed by atoms with Gasteiger partial charge in [-0.1, -0.05) is 36.8 Å². The van der Waals surface area contributed by atoms with E-state index in [1.54, 1.807) is 0 Å². The third-order valence-corrected chi connectivity index (χ3v) is 4.38. The maximum absolute atomic E-state index is 12.4. The highest BCUT2D eigenvalue weighted by Crippen LogP contribution is 2.36. The van der Waals surface area contributed by atoms with E-state index in [9.17, 15) is 4.79 Å². The molecule has 3 rings (SSSR count). The van der Waals surface area contributed by atoms with Crippen LogP contribution >= 0.6 is 0 Å². The Bertz CT molecular complexity index is 644. The Morgan fingerprint density at radius 2 is 1.90 bits per heavy atom. The third kappa shape index (κ3) is 3.33. The van der Waals surface area contributed by atoms with Gasteiger partial charge in [-0.2, -0.15) is 0 Å². The highest BCUT2D eigenvalue weighted by atomic mass is 16.1. The number of nitrogen functional groups attached to an aromatic ring is 1. The number of Topliss-reactive ketones (excluding diaryl/α,β-unsaturated/α-hetero) is 1. The van der Waals surface area contributed by atoms with Crippen LogP contribution in [0.1, 0.15) is 53.1 Å². The quantitative estimate of drug-likeness (QED) is 0.653. The molecule has 108 valence electrons. The standard InChI is InChI=1S/C19H21NO/c20-18-9-1-4-14(12-18)10-11-19(21)17-8-3-7-16(13-17)15-5-2-6-15/h1,3-4,7-9,12-13,15H,2,5-6,10-11,20H2. The summed E-state index contributed by atoms with van der Waals surface area (Å²) in [7, 11) is 0. The van der Waals surface area contributed by atoms with Gasteiger partial charge in [0.15, 0.2) is 5.78 Å². The predicted molar refractivity (Wildman–Crippen MR) is 86.5 cm³/mol. The van der Waals surface area contributed by atoms with Crippen LogP contribution in [-0.4, -0.2) is 5.78 Å². The summed E-state index contributed by atoms with van der Waals surface area (Å²) in [6.45, 7) is 0. The molecule has 0 unspecified atom stereocenters. The average molecular weight is 279 g/mol. The number of carbonyl (C=O) groups is 1. The minimum Gasteiger partial charge on any atom is -0.399 e. The Hall–Kier alpha value is -2.09. The van der Waals surface area contributed by atoms with Crippen molar-refractivity contribution in [1.82, 2.24) is 0 Å². The SMILES string of the molecule is Nc1cccc(CCC(=O)c2cccc(C3CCC3)c2)c1. The molecule has 1 aliphatic carbocycles. The zero-order valence-electron chi connectivity index (χ0n) is 12.2. The molecule has 2 heteroatoms. The second-order valence-corrected chi connectivity index (χ2v) is 5.92. The van der Waals surface area contributed by atoms with Crippen molar-refractivity contribution in [3.05, 3.63) is 65.2 Å². The van der Waals surface area contributed by atoms with E-state index >= 15 is 0 Å². The molecule has 2 N–H and O–H groups in total. The van der Waals surface area contributed by atoms with Crippen LogP contribution in [0.4, 0.5) is 5.69 Å². The maximum Gasteiger partial charge on any atom is 0.163 e. The second kappa shape index (κ2) is 6.13. The summed E-state index contributed by atoms with van der Waals surface area (Å²) < 4.78 is 0. The maximum atomic E-state index is 12.4. The molecule has 0 spiro atoms. The molecular formula is C19H21NO. The minimum absolute atomic E-state index is 0.221. The van der Waals surface area contributed by atoms with Crippen molar-refractivity contribution in [2.75, 3.05) is 5.73 Å². The Balaban J connectivity index is 1.65. The van der Waals surface area contributed by atoms with E-state index < -0.39 is 0 Å². The van der Waals surface area contributed by atoms with E-state index in [-0.39, 0.29) is 5.78 Å². The third-order valence-electron chi connectivity index (χ3n) is 4.38. The first-order chi connectivity index (χ1) is 10.2. The van der Waals surface area contributed by atoms with Crippen LogP contribution in [0, 0.1) is 0 Å². The molecule has 0 radical (unpaired) electrons. The second-order valence-electron chi connectivity index (χ2n) is 5.92. The first-order valence-electron chi connectivity index (χ1n) is 7.70. The number of rotatable bonds is 5. The molecule has 1 saturated carbocycles. The lowest BCUT2D eigenvalue weighted by atomic mass is 9.79. The summed E-state index contributed by atoms with van der Waals surface area (Å²) in [5, 5.41) is 0. The van der Waals surface area contributed by atoms with Crippen LogP contribution in [0.2, 0.25) is 0 Å². The fourth-order valence-corrected chi connectivity index (χ4v) is 2.86. The van der Waals surface area contributed by atoms with E-state index in [1.807, 2.05) is 36.4 Å². The van der Waals surface area contributed by atoms with Crippen LogP contribution in [0.15, 0.2) is 48.5 Å². The number of ketones is 1. The van der Waals surface area contributed by atoms with Gasteiger partial charge in [0.05, 0.1) is 0 Å². The summed E-state index contributed by atoms with van der Waals surface area (Å²) in [5.41, 5.74) is 9.83. The average Bonchev–Trinajstić information content (AvgIpc) is 2.43. The molecule has 1 aliphatic rings. The van der Waals surface area contributed by atoms with Gasteiger partial charge >= 0.3 is 0 Å². The Labute approximate surface area is 126 Å². The zero-order valence-corrected chi connectivity index (χ0v) is 12.2. The molecule has 0 aromatic heterocycles. The van der Waals surface area contributed by atoms with E-state index in [1.165, 1.54) is 24.8 Å². The summed E-state index contributed by atoms with van der Waals surface area (Å²) >= 11 is 0. The largest absolute Gasteiger partial charge is 0.399 e. The molecule has 0 amide bonds. The van der Waals surface area contributed by atoms with E-state index in [4.69, 9.17) is 5.73 Å². The van der Waals surface area contributed by atoms with Gasteiger partial charge in [-0.25, -0.2) is 0 Å². The topological polar surface area (TPSA) is 43.1 Å². The van der Waals surface area contributed by atoms with Crippen LogP contribution < -0.4 is 5.73 Å². The van der Waals surface area contributed by atoms with Gasteiger partial charge in [-0.15, -0.1) is 0 Å².